The Bertz CT molecular complexity index is 849. The molecule has 0 aliphatic heterocycles. The summed E-state index contributed by atoms with van der Waals surface area (Å²) >= 11 is 0. The van der Waals surface area contributed by atoms with Gasteiger partial charge in [0.15, 0.2) is 0 Å². The molecule has 0 N–H and O–H groups in total. The molecule has 3 rings (SSSR count). The third-order valence-electron chi connectivity index (χ3n) is 3.34. The minimum atomic E-state index is 0.211. The third-order valence-corrected chi connectivity index (χ3v) is 3.34. The fraction of sp³-hybridized carbons (Fsp3) is 0.125. The van der Waals surface area contributed by atoms with Crippen molar-refractivity contribution in [1.82, 2.24) is 20.0 Å². The quantitative estimate of drug-likeness (QED) is 0.741. The van der Waals surface area contributed by atoms with Crippen molar-refractivity contribution in [3.8, 4) is 23.4 Å². The van der Waals surface area contributed by atoms with Crippen molar-refractivity contribution in [2.24, 2.45) is 0 Å². The number of rotatable bonds is 3. The summed E-state index contributed by atoms with van der Waals surface area (Å²) in [4.78, 5) is 0. The van der Waals surface area contributed by atoms with Gasteiger partial charge in [-0.05, 0) is 37.6 Å². The average Bonchev–Trinajstić information content (AvgIpc) is 3.06. The molecule has 0 saturated carbocycles. The van der Waals surface area contributed by atoms with Crippen molar-refractivity contribution >= 4 is 0 Å². The van der Waals surface area contributed by atoms with E-state index in [1.807, 2.05) is 44.3 Å². The fourth-order valence-corrected chi connectivity index (χ4v) is 2.01. The number of hydrogen-bond acceptors (Lipinski definition) is 5. The molecule has 0 atom stereocenters. The van der Waals surface area contributed by atoms with Crippen LogP contribution < -0.4 is 4.74 Å². The van der Waals surface area contributed by atoms with Crippen molar-refractivity contribution in [1.29, 1.82) is 5.26 Å². The van der Waals surface area contributed by atoms with Crippen LogP contribution in [-0.4, -0.2) is 20.0 Å². The highest BCUT2D eigenvalue weighted by molar-refractivity contribution is 5.47. The highest BCUT2D eigenvalue weighted by Crippen LogP contribution is 2.26. The van der Waals surface area contributed by atoms with Gasteiger partial charge in [0.05, 0.1) is 11.4 Å². The Balaban J connectivity index is 1.96. The van der Waals surface area contributed by atoms with Crippen molar-refractivity contribution in [2.45, 2.75) is 13.8 Å². The molecule has 0 saturated heterocycles. The van der Waals surface area contributed by atoms with Gasteiger partial charge in [-0.25, -0.2) is 4.68 Å². The standard InChI is InChI=1S/C16H13N5O/c1-11-12(2)19-20-16(15(11)10-17)22-14-6-3-5-13(9-14)21-8-4-7-18-21/h3-9H,1-2H3. The SMILES string of the molecule is Cc1nnc(Oc2cccc(-n3cccn3)c2)c(C#N)c1C. The van der Waals surface area contributed by atoms with Crippen molar-refractivity contribution < 1.29 is 4.74 Å². The van der Waals surface area contributed by atoms with E-state index in [4.69, 9.17) is 4.74 Å². The number of hydrogen-bond donors (Lipinski definition) is 0. The van der Waals surface area contributed by atoms with E-state index in [1.54, 1.807) is 16.9 Å². The summed E-state index contributed by atoms with van der Waals surface area (Å²) in [5.41, 5.74) is 2.75. The topological polar surface area (TPSA) is 76.6 Å². The van der Waals surface area contributed by atoms with Crippen LogP contribution in [0.1, 0.15) is 16.8 Å². The van der Waals surface area contributed by atoms with Gasteiger partial charge in [-0.3, -0.25) is 0 Å². The van der Waals surface area contributed by atoms with Gasteiger partial charge in [-0.1, -0.05) is 6.07 Å². The lowest BCUT2D eigenvalue weighted by Gasteiger charge is -2.09. The number of aryl methyl sites for hydroxylation is 1. The lowest BCUT2D eigenvalue weighted by atomic mass is 10.1. The normalized spacial score (nSPS) is 10.2. The Morgan fingerprint density at radius 3 is 2.77 bits per heavy atom. The summed E-state index contributed by atoms with van der Waals surface area (Å²) < 4.78 is 7.46. The van der Waals surface area contributed by atoms with Crippen LogP contribution >= 0.6 is 0 Å². The van der Waals surface area contributed by atoms with Gasteiger partial charge in [-0.15, -0.1) is 5.10 Å². The molecule has 22 heavy (non-hydrogen) atoms. The zero-order valence-electron chi connectivity index (χ0n) is 12.2. The van der Waals surface area contributed by atoms with Gasteiger partial charge in [0, 0.05) is 18.5 Å². The summed E-state index contributed by atoms with van der Waals surface area (Å²) in [7, 11) is 0. The smallest absolute Gasteiger partial charge is 0.257 e. The van der Waals surface area contributed by atoms with Crippen molar-refractivity contribution in [3.05, 3.63) is 59.5 Å². The average molecular weight is 291 g/mol. The Morgan fingerprint density at radius 2 is 2.05 bits per heavy atom. The highest BCUT2D eigenvalue weighted by Gasteiger charge is 2.13. The summed E-state index contributed by atoms with van der Waals surface area (Å²) in [5, 5.41) is 21.5. The van der Waals surface area contributed by atoms with Crippen LogP contribution in [0.25, 0.3) is 5.69 Å². The van der Waals surface area contributed by atoms with Gasteiger partial charge in [0.1, 0.15) is 17.4 Å². The minimum Gasteiger partial charge on any atom is -0.436 e. The van der Waals surface area contributed by atoms with Gasteiger partial charge in [-0.2, -0.15) is 15.5 Å². The van der Waals surface area contributed by atoms with Crippen LogP contribution in [0.15, 0.2) is 42.7 Å². The third kappa shape index (κ3) is 2.52. The molecule has 0 aliphatic rings. The highest BCUT2D eigenvalue weighted by atomic mass is 16.5. The second-order valence-electron chi connectivity index (χ2n) is 4.75. The molecular formula is C16H13N5O. The molecular weight excluding hydrogens is 278 g/mol. The molecule has 3 aromatic rings. The zero-order valence-corrected chi connectivity index (χ0v) is 12.2. The maximum Gasteiger partial charge on any atom is 0.257 e. The number of nitriles is 1. The molecule has 2 aromatic heterocycles. The van der Waals surface area contributed by atoms with Crippen LogP contribution in [0.4, 0.5) is 0 Å². The Kier molecular flexibility index (Phi) is 3.54. The molecule has 0 unspecified atom stereocenters. The van der Waals surface area contributed by atoms with Crippen LogP contribution in [0.2, 0.25) is 0 Å². The zero-order chi connectivity index (χ0) is 15.5. The summed E-state index contributed by atoms with van der Waals surface area (Å²) in [5.74, 6) is 0.783. The summed E-state index contributed by atoms with van der Waals surface area (Å²) in [6.45, 7) is 3.64. The molecule has 1 aromatic carbocycles. The minimum absolute atomic E-state index is 0.211. The predicted octanol–water partition coefficient (Wildman–Crippen LogP) is 2.94. The second kappa shape index (κ2) is 5.66. The first-order valence-electron chi connectivity index (χ1n) is 6.71. The van der Waals surface area contributed by atoms with Crippen molar-refractivity contribution in [3.63, 3.8) is 0 Å². The molecule has 6 nitrogen and oxygen atoms in total. The monoisotopic (exact) mass is 291 g/mol. The molecule has 0 spiro atoms. The predicted molar refractivity (Wildman–Crippen MR) is 79.9 cm³/mol. The number of ether oxygens (including phenoxy) is 1. The lowest BCUT2D eigenvalue weighted by molar-refractivity contribution is 0.451. The lowest BCUT2D eigenvalue weighted by Crippen LogP contribution is -2.01. The van der Waals surface area contributed by atoms with Gasteiger partial charge in [0.25, 0.3) is 5.88 Å². The van der Waals surface area contributed by atoms with E-state index in [1.165, 1.54) is 0 Å². The summed E-state index contributed by atoms with van der Waals surface area (Å²) in [6, 6.07) is 11.4. The van der Waals surface area contributed by atoms with Gasteiger partial charge in [0.2, 0.25) is 0 Å². The van der Waals surface area contributed by atoms with Crippen LogP contribution in [-0.2, 0) is 0 Å². The molecule has 0 fully saturated rings. The van der Waals surface area contributed by atoms with Crippen molar-refractivity contribution in [2.75, 3.05) is 0 Å². The van der Waals surface area contributed by atoms with E-state index in [-0.39, 0.29) is 5.88 Å². The Labute approximate surface area is 127 Å². The molecule has 0 bridgehead atoms. The molecule has 2 heterocycles. The molecule has 108 valence electrons. The van der Waals surface area contributed by atoms with E-state index < -0.39 is 0 Å². The number of nitrogens with zero attached hydrogens (tertiary/aromatic N) is 5. The van der Waals surface area contributed by atoms with E-state index in [0.29, 0.717) is 17.0 Å². The first kappa shape index (κ1) is 13.8. The fourth-order valence-electron chi connectivity index (χ4n) is 2.01. The molecule has 0 aliphatic carbocycles. The molecule has 0 radical (unpaired) electrons. The second-order valence-corrected chi connectivity index (χ2v) is 4.75. The summed E-state index contributed by atoms with van der Waals surface area (Å²) in [6.07, 6.45) is 3.55. The maximum absolute atomic E-state index is 9.29. The van der Waals surface area contributed by atoms with Crippen LogP contribution in [0.3, 0.4) is 0 Å². The Hall–Kier alpha value is -3.20. The Morgan fingerprint density at radius 1 is 1.18 bits per heavy atom. The van der Waals surface area contributed by atoms with Crippen LogP contribution in [0, 0.1) is 25.2 Å². The van der Waals surface area contributed by atoms with Gasteiger partial charge >= 0.3 is 0 Å². The largest absolute Gasteiger partial charge is 0.436 e. The molecule has 0 amide bonds. The van der Waals surface area contributed by atoms with E-state index in [9.17, 15) is 5.26 Å². The van der Waals surface area contributed by atoms with Crippen LogP contribution in [0.5, 0.6) is 11.6 Å². The molecule has 6 heteroatoms. The number of benzene rings is 1. The maximum atomic E-state index is 9.29. The van der Waals surface area contributed by atoms with E-state index in [2.05, 4.69) is 21.4 Å². The number of aromatic nitrogens is 4. The van der Waals surface area contributed by atoms with Gasteiger partial charge < -0.3 is 4.74 Å². The first-order valence-corrected chi connectivity index (χ1v) is 6.71. The van der Waals surface area contributed by atoms with E-state index in [0.717, 1.165) is 11.3 Å². The van der Waals surface area contributed by atoms with E-state index >= 15 is 0 Å². The first-order chi connectivity index (χ1) is 10.7.